The molecule has 21 heteroatoms. The van der Waals surface area contributed by atoms with Gasteiger partial charge in [-0.3, -0.25) is 9.53 Å². The molecule has 194 valence electrons. The van der Waals surface area contributed by atoms with Crippen molar-refractivity contribution in [3.8, 4) is 6.07 Å². The maximum absolute atomic E-state index is 14.5. The molecule has 0 amide bonds. The van der Waals surface area contributed by atoms with Crippen LogP contribution >= 0.6 is 23.5 Å². The van der Waals surface area contributed by atoms with E-state index < -0.39 is 59.6 Å². The fraction of sp³-hybridized carbons (Fsp3) is 0.500. The van der Waals surface area contributed by atoms with E-state index in [0.29, 0.717) is 0 Å². The molecule has 0 saturated carbocycles. The molecular weight excluding hydrogens is 542 g/mol. The normalized spacial score (nSPS) is 32.3. The van der Waals surface area contributed by atoms with Crippen LogP contribution in [0.2, 0.25) is 0 Å². The van der Waals surface area contributed by atoms with E-state index in [2.05, 4.69) is 23.2 Å². The molecule has 0 aromatic carbocycles. The van der Waals surface area contributed by atoms with Crippen molar-refractivity contribution in [2.75, 3.05) is 13.2 Å². The van der Waals surface area contributed by atoms with Gasteiger partial charge in [-0.05, 0) is 6.08 Å². The summed E-state index contributed by atoms with van der Waals surface area (Å²) >= 11 is 0. The van der Waals surface area contributed by atoms with E-state index in [1.54, 1.807) is 6.07 Å². The van der Waals surface area contributed by atoms with Gasteiger partial charge in [0.2, 0.25) is 5.60 Å². The Labute approximate surface area is 196 Å². The highest BCUT2D eigenvalue weighted by Gasteiger charge is 2.53. The van der Waals surface area contributed by atoms with Crippen LogP contribution in [-0.4, -0.2) is 72.8 Å². The number of nitriles is 1. The van der Waals surface area contributed by atoms with Gasteiger partial charge in [-0.2, -0.15) is 19.0 Å². The summed E-state index contributed by atoms with van der Waals surface area (Å²) in [5.74, 6) is -1.56. The zero-order valence-corrected chi connectivity index (χ0v) is 19.9. The van der Waals surface area contributed by atoms with Crippen LogP contribution in [0.1, 0.15) is 6.42 Å². The number of amidine groups is 1. The van der Waals surface area contributed by atoms with Gasteiger partial charge in [0.25, 0.3) is 0 Å². The van der Waals surface area contributed by atoms with Crippen molar-refractivity contribution in [3.05, 3.63) is 23.7 Å². The number of aliphatic hydroxyl groups excluding tert-OH is 1. The Hall–Kier alpha value is -1.83. The van der Waals surface area contributed by atoms with Gasteiger partial charge in [0.15, 0.2) is 11.7 Å². The molecule has 6 atom stereocenters. The van der Waals surface area contributed by atoms with E-state index in [1.807, 2.05) is 0 Å². The standard InChI is InChI=1S/C14H19FN5O12P3/c15-9-2-1-8(4-20-12(9)13(17)18-7-19-20)10-3-11(21)14(5-16,30-10)6-29-34(25,26)32-35(27,28)31-33(22,23)24/h1-2,7-8,10-11,21H,3-4,6H2,(H,25,26)(H,27,28)(H2,17,18,19)(H2,22,23,24). The zero-order chi connectivity index (χ0) is 26.2. The SMILES string of the molecule is N#CC1(COP(=O)(O)OP(=O)(O)OP(=O)(O)O)OC(C2C=CC(F)=C3C(N)=NC=NN3C2)CC1O. The third kappa shape index (κ3) is 6.69. The van der Waals surface area contributed by atoms with E-state index in [1.165, 1.54) is 11.1 Å². The lowest BCUT2D eigenvalue weighted by Gasteiger charge is -2.29. The van der Waals surface area contributed by atoms with Gasteiger partial charge in [0.1, 0.15) is 30.8 Å². The fourth-order valence-corrected chi connectivity index (χ4v) is 6.44. The highest BCUT2D eigenvalue weighted by atomic mass is 31.3. The van der Waals surface area contributed by atoms with E-state index >= 15 is 0 Å². The second-order valence-electron chi connectivity index (χ2n) is 7.32. The fourth-order valence-electron chi connectivity index (χ4n) is 3.39. The van der Waals surface area contributed by atoms with Gasteiger partial charge in [-0.25, -0.2) is 23.1 Å². The van der Waals surface area contributed by atoms with Crippen LogP contribution in [0.4, 0.5) is 4.39 Å². The molecule has 0 aliphatic carbocycles. The topological polar surface area (TPSA) is 267 Å². The molecule has 7 N–H and O–H groups in total. The number of ether oxygens (including phenoxy) is 1. The van der Waals surface area contributed by atoms with E-state index in [4.69, 9.17) is 20.3 Å². The average Bonchev–Trinajstić information content (AvgIpc) is 2.92. The number of hydrogen-bond donors (Lipinski definition) is 6. The largest absolute Gasteiger partial charge is 0.490 e. The number of aliphatic imine (C=N–C) groups is 1. The van der Waals surface area contributed by atoms with Crippen LogP contribution in [-0.2, 0) is 31.6 Å². The molecule has 1 fully saturated rings. The highest BCUT2D eigenvalue weighted by molar-refractivity contribution is 7.66. The summed E-state index contributed by atoms with van der Waals surface area (Å²) < 4.78 is 65.8. The number of phosphoric ester groups is 1. The van der Waals surface area contributed by atoms with Crippen molar-refractivity contribution in [2.45, 2.75) is 24.2 Å². The van der Waals surface area contributed by atoms with E-state index in [0.717, 1.165) is 12.4 Å². The Morgan fingerprint density at radius 3 is 2.60 bits per heavy atom. The summed E-state index contributed by atoms with van der Waals surface area (Å²) in [4.78, 5) is 39.7. The Balaban J connectivity index is 1.70. The van der Waals surface area contributed by atoms with Crippen LogP contribution in [0.15, 0.2) is 33.8 Å². The first-order chi connectivity index (χ1) is 16.1. The minimum Gasteiger partial charge on any atom is -0.389 e. The number of halogens is 1. The lowest BCUT2D eigenvalue weighted by molar-refractivity contribution is -0.0805. The van der Waals surface area contributed by atoms with Crippen molar-refractivity contribution in [1.29, 1.82) is 5.26 Å². The van der Waals surface area contributed by atoms with Crippen molar-refractivity contribution in [1.82, 2.24) is 5.01 Å². The van der Waals surface area contributed by atoms with Crippen LogP contribution in [0.25, 0.3) is 0 Å². The highest BCUT2D eigenvalue weighted by Crippen LogP contribution is 2.66. The van der Waals surface area contributed by atoms with Crippen LogP contribution in [0.3, 0.4) is 0 Å². The zero-order valence-electron chi connectivity index (χ0n) is 17.3. The van der Waals surface area contributed by atoms with Gasteiger partial charge in [-0.1, -0.05) is 6.08 Å². The molecule has 3 aliphatic heterocycles. The minimum atomic E-state index is -5.78. The number of allylic oxidation sites excluding steroid dienone is 2. The molecule has 3 heterocycles. The Morgan fingerprint density at radius 1 is 1.29 bits per heavy atom. The Morgan fingerprint density at radius 2 is 1.97 bits per heavy atom. The van der Waals surface area contributed by atoms with Crippen molar-refractivity contribution in [2.24, 2.45) is 21.7 Å². The predicted octanol–water partition coefficient (Wildman–Crippen LogP) is -0.275. The maximum atomic E-state index is 14.5. The first kappa shape index (κ1) is 27.8. The maximum Gasteiger partial charge on any atom is 0.490 e. The molecule has 0 radical (unpaired) electrons. The number of nitrogens with zero attached hydrogens (tertiary/aromatic N) is 4. The quantitative estimate of drug-likeness (QED) is 0.208. The minimum absolute atomic E-state index is 0.0132. The summed E-state index contributed by atoms with van der Waals surface area (Å²) in [6.07, 6.45) is 0.762. The molecule has 0 aromatic heterocycles. The van der Waals surface area contributed by atoms with Gasteiger partial charge in [0.05, 0.1) is 12.6 Å². The van der Waals surface area contributed by atoms with E-state index in [9.17, 15) is 38.2 Å². The smallest absolute Gasteiger partial charge is 0.389 e. The number of rotatable bonds is 8. The lowest BCUT2D eigenvalue weighted by atomic mass is 9.95. The van der Waals surface area contributed by atoms with Gasteiger partial charge < -0.3 is 35.2 Å². The van der Waals surface area contributed by atoms with Gasteiger partial charge in [0, 0.05) is 12.3 Å². The molecule has 3 aliphatic rings. The average molecular weight is 561 g/mol. The molecular formula is C14H19FN5O12P3. The molecule has 1 saturated heterocycles. The van der Waals surface area contributed by atoms with Crippen molar-refractivity contribution >= 4 is 35.6 Å². The lowest BCUT2D eigenvalue weighted by Crippen LogP contribution is -2.43. The molecule has 0 spiro atoms. The molecule has 3 rings (SSSR count). The van der Waals surface area contributed by atoms with Crippen LogP contribution < -0.4 is 5.73 Å². The molecule has 35 heavy (non-hydrogen) atoms. The van der Waals surface area contributed by atoms with Crippen LogP contribution in [0.5, 0.6) is 0 Å². The van der Waals surface area contributed by atoms with Crippen LogP contribution in [0, 0.1) is 17.2 Å². The Bertz CT molecular complexity index is 1180. The number of hydrazone groups is 1. The summed E-state index contributed by atoms with van der Waals surface area (Å²) in [5, 5.41) is 25.2. The molecule has 6 unspecified atom stereocenters. The van der Waals surface area contributed by atoms with Crippen molar-refractivity contribution in [3.63, 3.8) is 0 Å². The third-order valence-corrected chi connectivity index (χ3v) is 8.65. The molecule has 0 aromatic rings. The van der Waals surface area contributed by atoms with Gasteiger partial charge in [-0.15, -0.1) is 0 Å². The second kappa shape index (κ2) is 9.91. The number of phosphoric acid groups is 3. The monoisotopic (exact) mass is 561 g/mol. The first-order valence-electron chi connectivity index (χ1n) is 9.33. The third-order valence-electron chi connectivity index (χ3n) is 4.87. The van der Waals surface area contributed by atoms with E-state index in [-0.39, 0.29) is 24.5 Å². The first-order valence-corrected chi connectivity index (χ1v) is 13.9. The van der Waals surface area contributed by atoms with Gasteiger partial charge >= 0.3 is 23.5 Å². The summed E-state index contributed by atoms with van der Waals surface area (Å²) in [7, 11) is -17.0. The number of aliphatic hydroxyl groups is 1. The summed E-state index contributed by atoms with van der Waals surface area (Å²) in [6.45, 7) is -1.19. The predicted molar refractivity (Wildman–Crippen MR) is 111 cm³/mol. The summed E-state index contributed by atoms with van der Waals surface area (Å²) in [6, 6.07) is 1.59. The second-order valence-corrected chi connectivity index (χ2v) is 11.7. The number of fused-ring (bicyclic) bond motifs is 1. The Kier molecular flexibility index (Phi) is 7.86. The number of nitrogens with two attached hydrogens (primary N) is 1. The summed E-state index contributed by atoms with van der Waals surface area (Å²) in [5.41, 5.74) is 3.32. The molecule has 0 bridgehead atoms. The molecule has 17 nitrogen and oxygen atoms in total. The van der Waals surface area contributed by atoms with Crippen molar-refractivity contribution < 1.29 is 60.6 Å². The number of hydrogen-bond acceptors (Lipinski definition) is 13.